The number of hydrogen-bond donors (Lipinski definition) is 2. The number of nitrogen functional groups attached to an aromatic ring is 1. The average molecular weight is 359 g/mol. The number of rotatable bonds is 2. The molecule has 0 radical (unpaired) electrons. The number of nitrogens with one attached hydrogen (secondary N) is 1. The molecule has 5 heteroatoms. The van der Waals surface area contributed by atoms with Crippen molar-refractivity contribution in [3.8, 4) is 0 Å². The van der Waals surface area contributed by atoms with Crippen LogP contribution in [0.25, 0.3) is 0 Å². The van der Waals surface area contributed by atoms with Gasteiger partial charge < -0.3 is 11.1 Å². The fraction of sp³-hybridized carbons (Fsp3) is 0.176. The quantitative estimate of drug-likeness (QED) is 0.686. The molecule has 0 unspecified atom stereocenters. The van der Waals surface area contributed by atoms with Crippen molar-refractivity contribution in [1.82, 2.24) is 0 Å². The molecule has 0 saturated heterocycles. The smallest absolute Gasteiger partial charge is 0.197 e. The fourth-order valence-electron chi connectivity index (χ4n) is 2.74. The lowest BCUT2D eigenvalue weighted by atomic mass is 9.82. The van der Waals surface area contributed by atoms with Gasteiger partial charge in [-0.05, 0) is 32.0 Å². The van der Waals surface area contributed by atoms with Gasteiger partial charge in [0, 0.05) is 27.5 Å². The van der Waals surface area contributed by atoms with Crippen LogP contribution in [0.1, 0.15) is 45.7 Å². The standard InChI is InChI=1S/C17H15BrN2O2/c1-8(2)20-12-7-6-10(18)14-15(12)16(21)9-4-3-5-11(19)13(9)17(14)22/h3-8,20H,19H2,1-2H3. The summed E-state index contributed by atoms with van der Waals surface area (Å²) in [7, 11) is 0. The topological polar surface area (TPSA) is 72.2 Å². The number of carbonyl (C=O) groups excluding carboxylic acids is 2. The van der Waals surface area contributed by atoms with Crippen molar-refractivity contribution in [1.29, 1.82) is 0 Å². The van der Waals surface area contributed by atoms with Gasteiger partial charge in [0.15, 0.2) is 11.6 Å². The van der Waals surface area contributed by atoms with Crippen molar-refractivity contribution >= 4 is 38.9 Å². The molecule has 2 aromatic carbocycles. The molecule has 112 valence electrons. The van der Waals surface area contributed by atoms with Crippen LogP contribution in [-0.2, 0) is 0 Å². The summed E-state index contributed by atoms with van der Waals surface area (Å²) in [5.41, 5.74) is 8.35. The highest BCUT2D eigenvalue weighted by Gasteiger charge is 2.34. The lowest BCUT2D eigenvalue weighted by Gasteiger charge is -2.23. The molecule has 2 aromatic rings. The molecule has 0 fully saturated rings. The van der Waals surface area contributed by atoms with Crippen LogP contribution in [-0.4, -0.2) is 17.6 Å². The Kier molecular flexibility index (Phi) is 3.53. The first-order chi connectivity index (χ1) is 10.4. The number of fused-ring (bicyclic) bond motifs is 2. The third-order valence-corrected chi connectivity index (χ3v) is 4.28. The summed E-state index contributed by atoms with van der Waals surface area (Å²) < 4.78 is 0.601. The Morgan fingerprint density at radius 2 is 1.73 bits per heavy atom. The van der Waals surface area contributed by atoms with Crippen LogP contribution < -0.4 is 11.1 Å². The van der Waals surface area contributed by atoms with Crippen molar-refractivity contribution < 1.29 is 9.59 Å². The van der Waals surface area contributed by atoms with Crippen molar-refractivity contribution in [2.24, 2.45) is 0 Å². The maximum atomic E-state index is 12.9. The molecule has 1 aliphatic carbocycles. The molecule has 3 rings (SSSR count). The highest BCUT2D eigenvalue weighted by atomic mass is 79.9. The largest absolute Gasteiger partial charge is 0.398 e. The molecule has 22 heavy (non-hydrogen) atoms. The van der Waals surface area contributed by atoms with E-state index < -0.39 is 0 Å². The van der Waals surface area contributed by atoms with Crippen LogP contribution in [0.5, 0.6) is 0 Å². The van der Waals surface area contributed by atoms with E-state index in [-0.39, 0.29) is 17.6 Å². The van der Waals surface area contributed by atoms with Crippen molar-refractivity contribution in [2.45, 2.75) is 19.9 Å². The molecule has 0 aliphatic heterocycles. The predicted molar refractivity (Wildman–Crippen MR) is 90.6 cm³/mol. The number of carbonyl (C=O) groups is 2. The maximum absolute atomic E-state index is 12.9. The average Bonchev–Trinajstić information content (AvgIpc) is 2.45. The van der Waals surface area contributed by atoms with Crippen LogP contribution in [0.3, 0.4) is 0 Å². The van der Waals surface area contributed by atoms with E-state index in [0.29, 0.717) is 38.1 Å². The Morgan fingerprint density at radius 3 is 2.41 bits per heavy atom. The van der Waals surface area contributed by atoms with E-state index in [1.165, 1.54) is 0 Å². The van der Waals surface area contributed by atoms with Gasteiger partial charge in [-0.1, -0.05) is 28.1 Å². The third kappa shape index (κ3) is 2.13. The summed E-state index contributed by atoms with van der Waals surface area (Å²) in [6.07, 6.45) is 0. The highest BCUT2D eigenvalue weighted by molar-refractivity contribution is 9.10. The summed E-state index contributed by atoms with van der Waals surface area (Å²) in [4.78, 5) is 25.7. The maximum Gasteiger partial charge on any atom is 0.197 e. The van der Waals surface area contributed by atoms with Crippen LogP contribution >= 0.6 is 15.9 Å². The molecule has 0 atom stereocenters. The summed E-state index contributed by atoms with van der Waals surface area (Å²) in [5, 5.41) is 3.23. The second-order valence-corrected chi connectivity index (χ2v) is 6.43. The normalized spacial score (nSPS) is 13.1. The van der Waals surface area contributed by atoms with Crippen molar-refractivity contribution in [3.05, 3.63) is 57.1 Å². The Balaban J connectivity index is 2.31. The number of halogens is 1. The minimum absolute atomic E-state index is 0.149. The number of benzene rings is 2. The molecule has 3 N–H and O–H groups in total. The minimum atomic E-state index is -0.220. The Bertz CT molecular complexity index is 813. The fourth-order valence-corrected chi connectivity index (χ4v) is 3.25. The molecule has 4 nitrogen and oxygen atoms in total. The zero-order chi connectivity index (χ0) is 16.0. The van der Waals surface area contributed by atoms with Gasteiger partial charge in [-0.2, -0.15) is 0 Å². The first kappa shape index (κ1) is 14.8. The van der Waals surface area contributed by atoms with Crippen LogP contribution in [0.2, 0.25) is 0 Å². The van der Waals surface area contributed by atoms with E-state index in [2.05, 4.69) is 21.2 Å². The number of nitrogens with two attached hydrogens (primary N) is 1. The molecule has 0 spiro atoms. The van der Waals surface area contributed by atoms with Gasteiger partial charge in [0.1, 0.15) is 0 Å². The Morgan fingerprint density at radius 1 is 1.00 bits per heavy atom. The van der Waals surface area contributed by atoms with E-state index in [9.17, 15) is 9.59 Å². The van der Waals surface area contributed by atoms with Crippen LogP contribution in [0.4, 0.5) is 11.4 Å². The van der Waals surface area contributed by atoms with E-state index in [0.717, 1.165) is 0 Å². The van der Waals surface area contributed by atoms with E-state index in [4.69, 9.17) is 5.73 Å². The molecular weight excluding hydrogens is 344 g/mol. The van der Waals surface area contributed by atoms with E-state index >= 15 is 0 Å². The molecule has 1 aliphatic rings. The monoisotopic (exact) mass is 358 g/mol. The van der Waals surface area contributed by atoms with Gasteiger partial charge in [0.2, 0.25) is 0 Å². The van der Waals surface area contributed by atoms with Crippen molar-refractivity contribution in [2.75, 3.05) is 11.1 Å². The first-order valence-corrected chi connectivity index (χ1v) is 7.78. The minimum Gasteiger partial charge on any atom is -0.398 e. The number of hydrogen-bond acceptors (Lipinski definition) is 4. The first-order valence-electron chi connectivity index (χ1n) is 6.98. The summed E-state index contributed by atoms with van der Waals surface area (Å²) in [5.74, 6) is -0.400. The molecular formula is C17H15BrN2O2. The Hall–Kier alpha value is -2.14. The van der Waals surface area contributed by atoms with Crippen LogP contribution in [0.15, 0.2) is 34.8 Å². The van der Waals surface area contributed by atoms with Gasteiger partial charge in [-0.3, -0.25) is 9.59 Å². The molecule has 0 heterocycles. The summed E-state index contributed by atoms with van der Waals surface area (Å²) in [6, 6.07) is 8.71. The number of ketones is 2. The third-order valence-electron chi connectivity index (χ3n) is 3.62. The lowest BCUT2D eigenvalue weighted by Crippen LogP contribution is -2.25. The van der Waals surface area contributed by atoms with Crippen molar-refractivity contribution in [3.63, 3.8) is 0 Å². The zero-order valence-corrected chi connectivity index (χ0v) is 13.8. The summed E-state index contributed by atoms with van der Waals surface area (Å²) in [6.45, 7) is 3.96. The predicted octanol–water partition coefficient (Wildman–Crippen LogP) is 3.63. The van der Waals surface area contributed by atoms with E-state index in [1.54, 1.807) is 24.3 Å². The zero-order valence-electron chi connectivity index (χ0n) is 12.2. The Labute approximate surface area is 136 Å². The number of anilines is 2. The molecule has 0 saturated carbocycles. The molecule has 0 bridgehead atoms. The molecule has 0 aromatic heterocycles. The second kappa shape index (κ2) is 5.25. The van der Waals surface area contributed by atoms with E-state index in [1.807, 2.05) is 19.9 Å². The second-order valence-electron chi connectivity index (χ2n) is 5.57. The lowest BCUT2D eigenvalue weighted by molar-refractivity contribution is 0.0979. The van der Waals surface area contributed by atoms with Crippen LogP contribution in [0, 0.1) is 0 Å². The van der Waals surface area contributed by atoms with Gasteiger partial charge in [-0.25, -0.2) is 0 Å². The molecule has 0 amide bonds. The van der Waals surface area contributed by atoms with Gasteiger partial charge in [0.05, 0.1) is 16.7 Å². The SMILES string of the molecule is CC(C)Nc1ccc(Br)c2c1C(=O)c1cccc(N)c1C2=O. The van der Waals surface area contributed by atoms with Gasteiger partial charge in [0.25, 0.3) is 0 Å². The summed E-state index contributed by atoms with van der Waals surface area (Å²) >= 11 is 3.39. The highest BCUT2D eigenvalue weighted by Crippen LogP contribution is 2.38. The van der Waals surface area contributed by atoms with Gasteiger partial charge in [-0.15, -0.1) is 0 Å². The van der Waals surface area contributed by atoms with Gasteiger partial charge >= 0.3 is 0 Å².